The van der Waals surface area contributed by atoms with Crippen LogP contribution < -0.4 is 25.4 Å². The predicted molar refractivity (Wildman–Crippen MR) is 231 cm³/mol. The molecule has 4 aromatic heterocycles. The van der Waals surface area contributed by atoms with Crippen LogP contribution in [-0.2, 0) is 25.9 Å². The van der Waals surface area contributed by atoms with E-state index in [1.165, 1.54) is 51.3 Å². The summed E-state index contributed by atoms with van der Waals surface area (Å²) in [6.45, 7) is 0.158. The molecule has 0 bridgehead atoms. The van der Waals surface area contributed by atoms with Gasteiger partial charge in [0.05, 0.1) is 53.5 Å². The first-order chi connectivity index (χ1) is 30.3. The second kappa shape index (κ2) is 16.9. The third-order valence-corrected chi connectivity index (χ3v) is 10.4. The number of hydrogen-bond acceptors (Lipinski definition) is 10. The molecule has 8 rings (SSSR count). The first kappa shape index (κ1) is 41.3. The summed E-state index contributed by atoms with van der Waals surface area (Å²) in [4.78, 5) is 88.0. The highest BCUT2D eigenvalue weighted by Crippen LogP contribution is 2.37. The summed E-state index contributed by atoms with van der Waals surface area (Å²) in [6.07, 6.45) is 15.5. The number of rotatable bonds is 13. The molecule has 4 amide bonds. The van der Waals surface area contributed by atoms with E-state index < -0.39 is 17.8 Å². The van der Waals surface area contributed by atoms with E-state index in [9.17, 15) is 33.9 Å². The molecule has 2 aliphatic rings. The standard InChI is InChI=1S/C44H40N10O9/c1-50-22-27(17-33(50)40(56)46-28-18-34(51(2)23-28)43(59)54-14-12-25-16-26(44(60)61)10-11-32(25)54)47-41(57)39-49-37(24-52(39)3)48-38(55)9-7-15-63-36-20-31-30(19-35(36)62-4)42(58)53-13-6-5-8-29(53)21-45-31/h5-6,8,10-14,16-24,29H,7,9,15H2,1-4H3,(H,46,56)(H,47,57)(H,48,55)(H,60,61)/t29-/m0/s1. The van der Waals surface area contributed by atoms with E-state index in [2.05, 4.69) is 25.9 Å². The molecule has 0 saturated heterocycles. The number of carboxylic acid groups (broad SMARTS) is 1. The predicted octanol–water partition coefficient (Wildman–Crippen LogP) is 5.36. The van der Waals surface area contributed by atoms with Gasteiger partial charge >= 0.3 is 5.97 Å². The van der Waals surface area contributed by atoms with Gasteiger partial charge in [-0.05, 0) is 55.0 Å². The number of nitrogens with zero attached hydrogens (tertiary/aromatic N) is 7. The number of benzene rings is 2. The van der Waals surface area contributed by atoms with Gasteiger partial charge < -0.3 is 49.1 Å². The third kappa shape index (κ3) is 8.34. The SMILES string of the molecule is COc1cc2c(cc1OCCCC(=O)Nc1cn(C)c(C(=O)Nc3cc(C(=O)Nc4cc(C(=O)n5ccc6cc(C(=O)O)ccc65)n(C)c4)n(C)c3)n1)N=C[C@@H]1C=CC=CN1C2=O. The summed E-state index contributed by atoms with van der Waals surface area (Å²) in [6, 6.07) is 12.1. The molecule has 0 radical (unpaired) electrons. The normalized spacial score (nSPS) is 13.9. The summed E-state index contributed by atoms with van der Waals surface area (Å²) >= 11 is 0. The Balaban J connectivity index is 0.839. The van der Waals surface area contributed by atoms with Crippen molar-refractivity contribution in [2.45, 2.75) is 18.9 Å². The first-order valence-corrected chi connectivity index (χ1v) is 19.5. The highest BCUT2D eigenvalue weighted by atomic mass is 16.5. The highest BCUT2D eigenvalue weighted by molar-refractivity contribution is 6.08. The Hall–Kier alpha value is -8.48. The molecule has 2 aromatic carbocycles. The van der Waals surface area contributed by atoms with Gasteiger partial charge in [-0.2, -0.15) is 0 Å². The van der Waals surface area contributed by atoms with Crippen molar-refractivity contribution in [3.05, 3.63) is 126 Å². The van der Waals surface area contributed by atoms with Crippen molar-refractivity contribution in [2.75, 3.05) is 29.7 Å². The number of aryl methyl sites for hydroxylation is 3. The molecular formula is C44H40N10O9. The Labute approximate surface area is 358 Å². The Bertz CT molecular complexity index is 2960. The quantitative estimate of drug-likeness (QED) is 0.109. The second-order valence-corrected chi connectivity index (χ2v) is 14.7. The highest BCUT2D eigenvalue weighted by Gasteiger charge is 2.28. The fourth-order valence-electron chi connectivity index (χ4n) is 7.25. The summed E-state index contributed by atoms with van der Waals surface area (Å²) < 4.78 is 17.4. The number of carbonyl (C=O) groups excluding carboxylic acids is 5. The maximum atomic E-state index is 13.5. The van der Waals surface area contributed by atoms with Crippen LogP contribution in [0.3, 0.4) is 0 Å². The zero-order valence-corrected chi connectivity index (χ0v) is 34.4. The summed E-state index contributed by atoms with van der Waals surface area (Å²) in [7, 11) is 6.38. The molecule has 0 fully saturated rings. The molecule has 63 heavy (non-hydrogen) atoms. The van der Waals surface area contributed by atoms with E-state index in [0.717, 1.165) is 0 Å². The number of aliphatic imine (C=N–C) groups is 1. The molecule has 19 heteroatoms. The number of fused-ring (bicyclic) bond motifs is 3. The van der Waals surface area contributed by atoms with Crippen molar-refractivity contribution in [3.8, 4) is 11.5 Å². The van der Waals surface area contributed by atoms with E-state index in [1.807, 2.05) is 12.2 Å². The average molecular weight is 853 g/mol. The molecule has 1 atom stereocenters. The molecular weight excluding hydrogens is 813 g/mol. The lowest BCUT2D eigenvalue weighted by molar-refractivity contribution is -0.116. The number of hydrogen-bond donors (Lipinski definition) is 4. The zero-order chi connectivity index (χ0) is 44.5. The topological polar surface area (TPSA) is 225 Å². The molecule has 4 N–H and O–H groups in total. The second-order valence-electron chi connectivity index (χ2n) is 14.7. The molecule has 0 unspecified atom stereocenters. The monoisotopic (exact) mass is 852 g/mol. The van der Waals surface area contributed by atoms with Gasteiger partial charge in [-0.1, -0.05) is 12.2 Å². The van der Waals surface area contributed by atoms with Crippen LogP contribution in [-0.4, -0.2) is 94.7 Å². The van der Waals surface area contributed by atoms with Crippen molar-refractivity contribution < 1.29 is 43.3 Å². The van der Waals surface area contributed by atoms with E-state index in [1.54, 1.807) is 92.0 Å². The Morgan fingerprint density at radius 2 is 1.57 bits per heavy atom. The van der Waals surface area contributed by atoms with Crippen LogP contribution >= 0.6 is 0 Å². The Morgan fingerprint density at radius 3 is 2.33 bits per heavy atom. The zero-order valence-electron chi connectivity index (χ0n) is 34.4. The number of anilines is 3. The number of nitrogens with one attached hydrogen (secondary N) is 3. The molecule has 320 valence electrons. The molecule has 0 saturated carbocycles. The fourth-order valence-corrected chi connectivity index (χ4v) is 7.25. The third-order valence-electron chi connectivity index (χ3n) is 10.4. The number of amides is 4. The van der Waals surface area contributed by atoms with Crippen molar-refractivity contribution in [3.63, 3.8) is 0 Å². The van der Waals surface area contributed by atoms with Crippen LogP contribution in [0, 0.1) is 0 Å². The van der Waals surface area contributed by atoms with Gasteiger partial charge in [0.15, 0.2) is 17.3 Å². The van der Waals surface area contributed by atoms with Gasteiger partial charge in [-0.25, -0.2) is 9.78 Å². The lowest BCUT2D eigenvalue weighted by atomic mass is 10.1. The van der Waals surface area contributed by atoms with Crippen LogP contribution in [0.4, 0.5) is 22.9 Å². The number of ether oxygens (including phenoxy) is 2. The Morgan fingerprint density at radius 1 is 0.825 bits per heavy atom. The molecule has 0 aliphatic carbocycles. The minimum Gasteiger partial charge on any atom is -0.493 e. The fraction of sp³-hybridized carbons (Fsp3) is 0.182. The van der Waals surface area contributed by atoms with E-state index in [0.29, 0.717) is 51.4 Å². The van der Waals surface area contributed by atoms with Crippen molar-refractivity contribution >= 4 is 75.5 Å². The van der Waals surface area contributed by atoms with Gasteiger partial charge in [0.25, 0.3) is 23.6 Å². The number of aromatic nitrogens is 5. The van der Waals surface area contributed by atoms with Crippen LogP contribution in [0.2, 0.25) is 0 Å². The van der Waals surface area contributed by atoms with Crippen LogP contribution in [0.1, 0.15) is 65.2 Å². The number of carboxylic acids is 1. The largest absolute Gasteiger partial charge is 0.493 e. The molecule has 6 aromatic rings. The van der Waals surface area contributed by atoms with E-state index in [-0.39, 0.29) is 65.4 Å². The molecule has 0 spiro atoms. The van der Waals surface area contributed by atoms with Gasteiger partial charge in [-0.15, -0.1) is 0 Å². The maximum absolute atomic E-state index is 13.5. The van der Waals surface area contributed by atoms with Gasteiger partial charge in [0.2, 0.25) is 11.7 Å². The molecule has 6 heterocycles. The number of imidazole rings is 1. The minimum absolute atomic E-state index is 0.00214. The lowest BCUT2D eigenvalue weighted by Gasteiger charge is -2.24. The smallest absolute Gasteiger partial charge is 0.335 e. The first-order valence-electron chi connectivity index (χ1n) is 19.5. The molecule has 2 aliphatic heterocycles. The van der Waals surface area contributed by atoms with Gasteiger partial charge in [0, 0.05) is 76.2 Å². The van der Waals surface area contributed by atoms with E-state index in [4.69, 9.17) is 9.47 Å². The Kier molecular flexibility index (Phi) is 11.1. The summed E-state index contributed by atoms with van der Waals surface area (Å²) in [5, 5.41) is 18.1. The number of carbonyl (C=O) groups is 6. The summed E-state index contributed by atoms with van der Waals surface area (Å²) in [5.41, 5.74) is 2.59. The minimum atomic E-state index is -1.07. The van der Waals surface area contributed by atoms with Crippen molar-refractivity contribution in [2.24, 2.45) is 26.1 Å². The van der Waals surface area contributed by atoms with Crippen LogP contribution in [0.15, 0.2) is 103 Å². The van der Waals surface area contributed by atoms with Gasteiger partial charge in [-0.3, -0.25) is 33.5 Å². The van der Waals surface area contributed by atoms with Crippen LogP contribution in [0.5, 0.6) is 11.5 Å². The van der Waals surface area contributed by atoms with Crippen molar-refractivity contribution in [1.82, 2.24) is 28.2 Å². The number of methoxy groups -OCH3 is 1. The van der Waals surface area contributed by atoms with Crippen molar-refractivity contribution in [1.29, 1.82) is 0 Å². The average Bonchev–Trinajstić information content (AvgIpc) is 4.03. The summed E-state index contributed by atoms with van der Waals surface area (Å²) in [5.74, 6) is -2.22. The molecule has 19 nitrogen and oxygen atoms in total. The maximum Gasteiger partial charge on any atom is 0.335 e. The van der Waals surface area contributed by atoms with E-state index >= 15 is 0 Å². The van der Waals surface area contributed by atoms with Crippen LogP contribution in [0.25, 0.3) is 10.9 Å². The number of allylic oxidation sites excluding steroid dienone is 2. The lowest BCUT2D eigenvalue weighted by Crippen LogP contribution is -2.35. The number of aromatic carboxylic acids is 1. The van der Waals surface area contributed by atoms with Gasteiger partial charge in [0.1, 0.15) is 11.4 Å².